The second kappa shape index (κ2) is 3.37. The van der Waals surface area contributed by atoms with Gasteiger partial charge in [-0.05, 0) is 31.9 Å². The lowest BCUT2D eigenvalue weighted by molar-refractivity contribution is 1.17. The van der Waals surface area contributed by atoms with E-state index in [2.05, 4.69) is 21.9 Å². The molecule has 3 heterocycles. The Morgan fingerprint density at radius 3 is 2.76 bits per heavy atom. The number of hydrogen-bond acceptors (Lipinski definition) is 4. The number of hydrogen-bond donors (Lipinski definition) is 1. The van der Waals surface area contributed by atoms with Crippen LogP contribution in [0.3, 0.4) is 0 Å². The van der Waals surface area contributed by atoms with Crippen molar-refractivity contribution in [3.05, 3.63) is 33.5 Å². The number of H-pyrrole nitrogens is 1. The van der Waals surface area contributed by atoms with Gasteiger partial charge >= 0.3 is 0 Å². The van der Waals surface area contributed by atoms with Gasteiger partial charge in [0.2, 0.25) is 0 Å². The van der Waals surface area contributed by atoms with Gasteiger partial charge in [-0.25, -0.2) is 9.97 Å². The Labute approximate surface area is 101 Å². The Bertz CT molecular complexity index is 801. The predicted octanol–water partition coefficient (Wildman–Crippen LogP) is 2.46. The Hall–Kier alpha value is -1.75. The molecule has 1 N–H and O–H groups in total. The molecule has 0 unspecified atom stereocenters. The van der Waals surface area contributed by atoms with E-state index in [4.69, 9.17) is 0 Å². The highest BCUT2D eigenvalue weighted by Gasteiger charge is 2.14. The van der Waals surface area contributed by atoms with Gasteiger partial charge in [0, 0.05) is 11.1 Å². The van der Waals surface area contributed by atoms with E-state index < -0.39 is 0 Å². The molecule has 86 valence electrons. The van der Waals surface area contributed by atoms with Crippen LogP contribution < -0.4 is 5.56 Å². The fourth-order valence-electron chi connectivity index (χ4n) is 2.02. The van der Waals surface area contributed by atoms with Crippen LogP contribution in [0.4, 0.5) is 0 Å². The van der Waals surface area contributed by atoms with Crippen LogP contribution in [-0.2, 0) is 0 Å². The highest BCUT2D eigenvalue weighted by atomic mass is 32.1. The van der Waals surface area contributed by atoms with Crippen LogP contribution in [-0.4, -0.2) is 15.0 Å². The summed E-state index contributed by atoms with van der Waals surface area (Å²) >= 11 is 1.41. The molecule has 0 bridgehead atoms. The van der Waals surface area contributed by atoms with Gasteiger partial charge in [0.15, 0.2) is 0 Å². The zero-order valence-electron chi connectivity index (χ0n) is 9.79. The van der Waals surface area contributed by atoms with E-state index in [1.807, 2.05) is 13.8 Å². The smallest absolute Gasteiger partial charge is 0.268 e. The van der Waals surface area contributed by atoms with Gasteiger partial charge in [0.1, 0.15) is 9.53 Å². The van der Waals surface area contributed by atoms with Gasteiger partial charge in [-0.1, -0.05) is 0 Å². The molecule has 4 nitrogen and oxygen atoms in total. The number of nitrogens with one attached hydrogen (secondary N) is 1. The number of fused-ring (bicyclic) bond motifs is 3. The maximum Gasteiger partial charge on any atom is 0.268 e. The Morgan fingerprint density at radius 1 is 1.24 bits per heavy atom. The molecule has 0 radical (unpaired) electrons. The van der Waals surface area contributed by atoms with E-state index in [1.165, 1.54) is 23.2 Å². The molecule has 3 rings (SSSR count). The van der Waals surface area contributed by atoms with Crippen molar-refractivity contribution in [3.8, 4) is 0 Å². The second-order valence-corrected chi connectivity index (χ2v) is 5.14. The average molecular weight is 245 g/mol. The predicted molar refractivity (Wildman–Crippen MR) is 69.8 cm³/mol. The van der Waals surface area contributed by atoms with E-state index in [1.54, 1.807) is 0 Å². The minimum atomic E-state index is -0.0901. The van der Waals surface area contributed by atoms with E-state index >= 15 is 0 Å². The zero-order chi connectivity index (χ0) is 12.2. The van der Waals surface area contributed by atoms with Crippen molar-refractivity contribution in [3.63, 3.8) is 0 Å². The van der Waals surface area contributed by atoms with Crippen molar-refractivity contribution in [2.24, 2.45) is 0 Å². The van der Waals surface area contributed by atoms with Gasteiger partial charge in [0.25, 0.3) is 5.56 Å². The van der Waals surface area contributed by atoms with Crippen molar-refractivity contribution >= 4 is 31.8 Å². The van der Waals surface area contributed by atoms with Gasteiger partial charge < -0.3 is 4.98 Å². The molecule has 0 atom stereocenters. The average Bonchev–Trinajstić information content (AvgIpc) is 2.66. The molecule has 3 aromatic rings. The van der Waals surface area contributed by atoms with Crippen LogP contribution in [0.2, 0.25) is 0 Å². The summed E-state index contributed by atoms with van der Waals surface area (Å²) in [6.07, 6.45) is 1.45. The van der Waals surface area contributed by atoms with Crippen LogP contribution in [0.15, 0.2) is 11.1 Å². The molecular weight excluding hydrogens is 234 g/mol. The van der Waals surface area contributed by atoms with Crippen molar-refractivity contribution in [1.82, 2.24) is 15.0 Å². The summed E-state index contributed by atoms with van der Waals surface area (Å²) in [6, 6.07) is 0. The molecule has 0 saturated carbocycles. The number of aryl methyl sites for hydroxylation is 2. The molecule has 0 aliphatic rings. The fourth-order valence-corrected chi connectivity index (χ4v) is 3.15. The van der Waals surface area contributed by atoms with Gasteiger partial charge in [-0.3, -0.25) is 4.79 Å². The van der Waals surface area contributed by atoms with Crippen LogP contribution in [0.5, 0.6) is 0 Å². The summed E-state index contributed by atoms with van der Waals surface area (Å²) in [4.78, 5) is 24.0. The summed E-state index contributed by atoms with van der Waals surface area (Å²) in [5.41, 5.74) is 4.02. The third-order valence-corrected chi connectivity index (χ3v) is 4.28. The maximum atomic E-state index is 11.7. The first kappa shape index (κ1) is 10.4. The normalized spacial score (nSPS) is 11.5. The molecule has 0 fully saturated rings. The number of rotatable bonds is 0. The monoisotopic (exact) mass is 245 g/mol. The fraction of sp³-hybridized carbons (Fsp3) is 0.250. The maximum absolute atomic E-state index is 11.7. The summed E-state index contributed by atoms with van der Waals surface area (Å²) in [6.45, 7) is 6.10. The zero-order valence-corrected chi connectivity index (χ0v) is 10.6. The third kappa shape index (κ3) is 1.32. The van der Waals surface area contributed by atoms with Crippen molar-refractivity contribution in [2.45, 2.75) is 20.8 Å². The number of aromatic nitrogens is 3. The number of pyridine rings is 1. The minimum Gasteiger partial charge on any atom is -0.312 e. The van der Waals surface area contributed by atoms with E-state index in [9.17, 15) is 4.79 Å². The molecular formula is C12H11N3OS. The lowest BCUT2D eigenvalue weighted by atomic mass is 10.1. The number of nitrogens with zero attached hydrogens (tertiary/aromatic N) is 2. The first-order valence-electron chi connectivity index (χ1n) is 5.33. The molecule has 0 saturated heterocycles. The summed E-state index contributed by atoms with van der Waals surface area (Å²) in [5, 5.41) is 1.01. The largest absolute Gasteiger partial charge is 0.312 e. The Kier molecular flexibility index (Phi) is 2.06. The lowest BCUT2D eigenvalue weighted by Crippen LogP contribution is -2.03. The Balaban J connectivity index is 2.67. The number of thiophene rings is 1. The molecule has 0 spiro atoms. The first-order chi connectivity index (χ1) is 8.09. The standard InChI is InChI=1S/C12H11N3OS/c1-5-6(2)8-9-10(11(16)14-4-13-9)17-12(8)15-7(5)3/h4H,1-3H3,(H,13,14,16). The van der Waals surface area contributed by atoms with Gasteiger partial charge in [0.05, 0.1) is 11.8 Å². The van der Waals surface area contributed by atoms with E-state index in [0.717, 1.165) is 27.0 Å². The molecule has 0 aliphatic carbocycles. The minimum absolute atomic E-state index is 0.0901. The highest BCUT2D eigenvalue weighted by Crippen LogP contribution is 2.33. The first-order valence-corrected chi connectivity index (χ1v) is 6.15. The molecule has 5 heteroatoms. The van der Waals surface area contributed by atoms with E-state index in [-0.39, 0.29) is 5.56 Å². The van der Waals surface area contributed by atoms with Crippen molar-refractivity contribution < 1.29 is 0 Å². The van der Waals surface area contributed by atoms with Crippen LogP contribution >= 0.6 is 11.3 Å². The molecule has 0 amide bonds. The van der Waals surface area contributed by atoms with Crippen LogP contribution in [0.1, 0.15) is 16.8 Å². The Morgan fingerprint density at radius 2 is 2.00 bits per heavy atom. The second-order valence-electron chi connectivity index (χ2n) is 4.14. The summed E-state index contributed by atoms with van der Waals surface area (Å²) < 4.78 is 0.656. The SMILES string of the molecule is Cc1nc2sc3c(=O)[nH]cnc3c2c(C)c1C. The summed E-state index contributed by atoms with van der Waals surface area (Å²) in [5.74, 6) is 0. The lowest BCUT2D eigenvalue weighted by Gasteiger charge is -2.04. The topological polar surface area (TPSA) is 58.6 Å². The quantitative estimate of drug-likeness (QED) is 0.662. The highest BCUT2D eigenvalue weighted by molar-refractivity contribution is 7.25. The molecule has 0 aliphatic heterocycles. The third-order valence-electron chi connectivity index (χ3n) is 3.21. The van der Waals surface area contributed by atoms with Crippen molar-refractivity contribution in [2.75, 3.05) is 0 Å². The number of aromatic amines is 1. The molecule has 0 aromatic carbocycles. The van der Waals surface area contributed by atoms with Crippen molar-refractivity contribution in [1.29, 1.82) is 0 Å². The van der Waals surface area contributed by atoms with E-state index in [0.29, 0.717) is 4.70 Å². The van der Waals surface area contributed by atoms with Gasteiger partial charge in [-0.2, -0.15) is 0 Å². The molecule has 3 aromatic heterocycles. The summed E-state index contributed by atoms with van der Waals surface area (Å²) in [7, 11) is 0. The van der Waals surface area contributed by atoms with Crippen LogP contribution in [0.25, 0.3) is 20.4 Å². The van der Waals surface area contributed by atoms with Crippen LogP contribution in [0, 0.1) is 20.8 Å². The van der Waals surface area contributed by atoms with Gasteiger partial charge in [-0.15, -0.1) is 11.3 Å². The molecule has 17 heavy (non-hydrogen) atoms.